The molecule has 0 aliphatic heterocycles. The van der Waals surface area contributed by atoms with Gasteiger partial charge >= 0.3 is 5.69 Å². The van der Waals surface area contributed by atoms with Crippen LogP contribution >= 0.6 is 0 Å². The zero-order valence-corrected chi connectivity index (χ0v) is 17.9. The van der Waals surface area contributed by atoms with Crippen molar-refractivity contribution in [3.05, 3.63) is 51.3 Å². The lowest BCUT2D eigenvalue weighted by Crippen LogP contribution is -2.37. The van der Waals surface area contributed by atoms with E-state index in [9.17, 15) is 14.4 Å². The number of imidazole rings is 1. The Kier molecular flexibility index (Phi) is 5.22. The summed E-state index contributed by atoms with van der Waals surface area (Å²) < 4.78 is 9.75. The van der Waals surface area contributed by atoms with E-state index in [0.717, 1.165) is 4.57 Å². The average molecular weight is 424 g/mol. The monoisotopic (exact) mass is 424 g/mol. The molecule has 0 atom stereocenters. The minimum Gasteiger partial charge on any atom is -0.440 e. The molecule has 1 aromatic carbocycles. The maximum Gasteiger partial charge on any atom is 0.332 e. The number of nitrogens with zero attached hydrogens (tertiary/aromatic N) is 5. The molecule has 0 radical (unpaired) electrons. The molecule has 4 aromatic rings. The van der Waals surface area contributed by atoms with Gasteiger partial charge in [-0.25, -0.2) is 14.8 Å². The topological polar surface area (TPSA) is 117 Å². The Hall–Kier alpha value is -3.69. The van der Waals surface area contributed by atoms with Gasteiger partial charge in [-0.05, 0) is 24.6 Å². The Morgan fingerprint density at radius 3 is 2.71 bits per heavy atom. The molecular weight excluding hydrogens is 400 g/mol. The summed E-state index contributed by atoms with van der Waals surface area (Å²) in [6.45, 7) is 4.44. The highest BCUT2D eigenvalue weighted by molar-refractivity contribution is 5.92. The number of oxazole rings is 1. The molecule has 10 heteroatoms. The van der Waals surface area contributed by atoms with Gasteiger partial charge in [-0.3, -0.25) is 18.7 Å². The summed E-state index contributed by atoms with van der Waals surface area (Å²) in [7, 11) is 3.01. The van der Waals surface area contributed by atoms with Crippen molar-refractivity contribution in [2.75, 3.05) is 5.32 Å². The number of aromatic nitrogens is 5. The Balaban J connectivity index is 1.42. The third-order valence-corrected chi connectivity index (χ3v) is 5.20. The maximum atomic E-state index is 12.5. The van der Waals surface area contributed by atoms with Crippen LogP contribution < -0.4 is 16.6 Å². The Morgan fingerprint density at radius 1 is 1.19 bits per heavy atom. The van der Waals surface area contributed by atoms with Crippen molar-refractivity contribution < 1.29 is 9.21 Å². The zero-order chi connectivity index (χ0) is 22.3. The number of anilines is 1. The Morgan fingerprint density at radius 2 is 1.97 bits per heavy atom. The Bertz CT molecular complexity index is 1410. The number of hydrogen-bond acceptors (Lipinski definition) is 6. The van der Waals surface area contributed by atoms with E-state index >= 15 is 0 Å². The molecule has 0 saturated carbocycles. The van der Waals surface area contributed by atoms with Gasteiger partial charge in [0.15, 0.2) is 22.6 Å². The third-order valence-electron chi connectivity index (χ3n) is 5.20. The standard InChI is InChI=1S/C21H24N6O4/c1-12(2)19-24-14-10-13(7-8-15(14)31-19)23-16(28)6-5-9-27-11-22-18-17(27)20(29)26(4)21(30)25(18)3/h7-8,10-12H,5-6,9H2,1-4H3,(H,23,28). The molecule has 3 aromatic heterocycles. The number of rotatable bonds is 6. The van der Waals surface area contributed by atoms with Crippen molar-refractivity contribution in [1.82, 2.24) is 23.7 Å². The lowest BCUT2D eigenvalue weighted by Gasteiger charge is -2.07. The molecule has 31 heavy (non-hydrogen) atoms. The van der Waals surface area contributed by atoms with Crippen LogP contribution in [0.1, 0.15) is 38.5 Å². The van der Waals surface area contributed by atoms with Crippen LogP contribution in [0.15, 0.2) is 38.5 Å². The van der Waals surface area contributed by atoms with Gasteiger partial charge in [0, 0.05) is 38.7 Å². The van der Waals surface area contributed by atoms with Crippen LogP contribution in [-0.2, 0) is 25.4 Å². The summed E-state index contributed by atoms with van der Waals surface area (Å²) in [6, 6.07) is 5.36. The van der Waals surface area contributed by atoms with Crippen LogP contribution in [0.2, 0.25) is 0 Å². The molecule has 1 N–H and O–H groups in total. The van der Waals surface area contributed by atoms with Crippen LogP contribution in [0, 0.1) is 0 Å². The summed E-state index contributed by atoms with van der Waals surface area (Å²) in [6.07, 6.45) is 2.29. The highest BCUT2D eigenvalue weighted by atomic mass is 16.3. The average Bonchev–Trinajstić information content (AvgIpc) is 3.35. The molecule has 4 rings (SSSR count). The number of carbonyl (C=O) groups is 1. The quantitative estimate of drug-likeness (QED) is 0.507. The molecule has 10 nitrogen and oxygen atoms in total. The van der Waals surface area contributed by atoms with Crippen LogP contribution in [0.4, 0.5) is 5.69 Å². The highest BCUT2D eigenvalue weighted by Gasteiger charge is 2.15. The maximum absolute atomic E-state index is 12.5. The van der Waals surface area contributed by atoms with Gasteiger partial charge in [0.1, 0.15) is 5.52 Å². The first-order valence-corrected chi connectivity index (χ1v) is 10.1. The molecule has 0 unspecified atom stereocenters. The van der Waals surface area contributed by atoms with E-state index in [0.29, 0.717) is 46.8 Å². The van der Waals surface area contributed by atoms with Crippen LogP contribution in [0.5, 0.6) is 0 Å². The number of fused-ring (bicyclic) bond motifs is 2. The van der Waals surface area contributed by atoms with E-state index in [1.807, 2.05) is 13.8 Å². The second-order valence-corrected chi connectivity index (χ2v) is 7.86. The van der Waals surface area contributed by atoms with E-state index in [1.54, 1.807) is 29.8 Å². The molecule has 1 amide bonds. The van der Waals surface area contributed by atoms with E-state index in [4.69, 9.17) is 4.42 Å². The van der Waals surface area contributed by atoms with Gasteiger partial charge in [0.2, 0.25) is 5.91 Å². The van der Waals surface area contributed by atoms with Gasteiger partial charge in [-0.2, -0.15) is 0 Å². The van der Waals surface area contributed by atoms with Gasteiger partial charge in [0.05, 0.1) is 6.33 Å². The molecule has 0 fully saturated rings. The molecule has 3 heterocycles. The third kappa shape index (κ3) is 3.76. The van der Waals surface area contributed by atoms with E-state index in [2.05, 4.69) is 15.3 Å². The number of benzene rings is 1. The normalized spacial score (nSPS) is 11.6. The second kappa shape index (κ2) is 7.86. The first-order valence-electron chi connectivity index (χ1n) is 10.1. The first-order chi connectivity index (χ1) is 14.8. The summed E-state index contributed by atoms with van der Waals surface area (Å²) in [5.74, 6) is 0.704. The number of amides is 1. The molecule has 0 aliphatic rings. The van der Waals surface area contributed by atoms with Crippen molar-refractivity contribution in [1.29, 1.82) is 0 Å². The lowest BCUT2D eigenvalue weighted by atomic mass is 10.2. The van der Waals surface area contributed by atoms with Gasteiger partial charge in [0.25, 0.3) is 5.56 Å². The van der Waals surface area contributed by atoms with Crippen molar-refractivity contribution >= 4 is 33.9 Å². The van der Waals surface area contributed by atoms with Gasteiger partial charge < -0.3 is 14.3 Å². The smallest absolute Gasteiger partial charge is 0.332 e. The summed E-state index contributed by atoms with van der Waals surface area (Å²) in [5.41, 5.74) is 1.89. The fourth-order valence-corrected chi connectivity index (χ4v) is 3.47. The fourth-order valence-electron chi connectivity index (χ4n) is 3.47. The van der Waals surface area contributed by atoms with Crippen molar-refractivity contribution in [3.8, 4) is 0 Å². The van der Waals surface area contributed by atoms with Crippen LogP contribution in [0.3, 0.4) is 0 Å². The fraction of sp³-hybridized carbons (Fsp3) is 0.381. The largest absolute Gasteiger partial charge is 0.440 e. The summed E-state index contributed by atoms with van der Waals surface area (Å²) in [5, 5.41) is 2.87. The molecule has 0 saturated heterocycles. The summed E-state index contributed by atoms with van der Waals surface area (Å²) in [4.78, 5) is 45.5. The van der Waals surface area contributed by atoms with Crippen molar-refractivity contribution in [2.24, 2.45) is 14.1 Å². The lowest BCUT2D eigenvalue weighted by molar-refractivity contribution is -0.116. The zero-order valence-electron chi connectivity index (χ0n) is 17.9. The van der Waals surface area contributed by atoms with Gasteiger partial charge in [-0.1, -0.05) is 13.8 Å². The SMILES string of the molecule is CC(C)c1nc2cc(NC(=O)CCCn3cnc4c3c(=O)n(C)c(=O)n4C)ccc2o1. The van der Waals surface area contributed by atoms with Crippen molar-refractivity contribution in [3.63, 3.8) is 0 Å². The van der Waals surface area contributed by atoms with E-state index < -0.39 is 11.2 Å². The molecule has 162 valence electrons. The predicted octanol–water partition coefficient (Wildman–Crippen LogP) is 2.12. The number of carbonyl (C=O) groups excluding carboxylic acids is 1. The number of aryl methyl sites for hydroxylation is 2. The van der Waals surface area contributed by atoms with Crippen LogP contribution in [0.25, 0.3) is 22.3 Å². The number of nitrogens with one attached hydrogen (secondary N) is 1. The van der Waals surface area contributed by atoms with E-state index in [-0.39, 0.29) is 18.2 Å². The minimum absolute atomic E-state index is 0.142. The van der Waals surface area contributed by atoms with Crippen molar-refractivity contribution in [2.45, 2.75) is 39.2 Å². The first kappa shape index (κ1) is 20.6. The van der Waals surface area contributed by atoms with Crippen LogP contribution in [-0.4, -0.2) is 29.6 Å². The number of hydrogen-bond donors (Lipinski definition) is 1. The van der Waals surface area contributed by atoms with E-state index in [1.165, 1.54) is 17.9 Å². The molecule has 0 aliphatic carbocycles. The molecule has 0 spiro atoms. The molecular formula is C21H24N6O4. The van der Waals surface area contributed by atoms with Gasteiger partial charge in [-0.15, -0.1) is 0 Å². The Labute approximate surface area is 177 Å². The summed E-state index contributed by atoms with van der Waals surface area (Å²) >= 11 is 0. The second-order valence-electron chi connectivity index (χ2n) is 7.86. The minimum atomic E-state index is -0.424. The molecule has 0 bridgehead atoms. The highest BCUT2D eigenvalue weighted by Crippen LogP contribution is 2.23. The predicted molar refractivity (Wildman–Crippen MR) is 116 cm³/mol.